The molecular formula is C12H11BrFN3O2. The van der Waals surface area contributed by atoms with Crippen LogP contribution in [0.5, 0.6) is 5.75 Å². The molecule has 0 saturated heterocycles. The number of nitrogens with zero attached hydrogens (tertiary/aromatic N) is 1. The molecule has 0 atom stereocenters. The Hall–Kier alpha value is -1.89. The summed E-state index contributed by atoms with van der Waals surface area (Å²) in [5, 5.41) is 18.6. The van der Waals surface area contributed by atoms with Gasteiger partial charge in [-0.3, -0.25) is 9.89 Å². The number of carbonyl (C=O) groups is 1. The van der Waals surface area contributed by atoms with E-state index in [1.165, 1.54) is 12.1 Å². The third-order valence-electron chi connectivity index (χ3n) is 2.58. The van der Waals surface area contributed by atoms with Gasteiger partial charge in [0.25, 0.3) is 5.91 Å². The van der Waals surface area contributed by atoms with E-state index >= 15 is 0 Å². The number of hydrogen-bond donors (Lipinski definition) is 3. The highest BCUT2D eigenvalue weighted by molar-refractivity contribution is 9.10. The van der Waals surface area contributed by atoms with Crippen molar-refractivity contribution in [3.05, 3.63) is 39.7 Å². The summed E-state index contributed by atoms with van der Waals surface area (Å²) in [4.78, 5) is 11.9. The molecule has 0 aliphatic carbocycles. The van der Waals surface area contributed by atoms with Crippen LogP contribution in [0.2, 0.25) is 0 Å². The number of rotatable bonds is 3. The van der Waals surface area contributed by atoms with Crippen molar-refractivity contribution in [1.82, 2.24) is 10.2 Å². The summed E-state index contributed by atoms with van der Waals surface area (Å²) in [6, 6.07) is 3.67. The van der Waals surface area contributed by atoms with E-state index in [9.17, 15) is 14.3 Å². The van der Waals surface area contributed by atoms with Crippen LogP contribution >= 0.6 is 15.9 Å². The number of phenolic OH excluding ortho intramolecular Hbond substituents is 1. The fourth-order valence-electron chi connectivity index (χ4n) is 1.59. The number of H-pyrrole nitrogens is 1. The van der Waals surface area contributed by atoms with Crippen LogP contribution in [0.1, 0.15) is 23.0 Å². The third kappa shape index (κ3) is 2.60. The molecule has 2 rings (SSSR count). The summed E-state index contributed by atoms with van der Waals surface area (Å²) in [7, 11) is 0. The van der Waals surface area contributed by atoms with E-state index in [1.54, 1.807) is 0 Å². The molecule has 0 spiro atoms. The molecule has 0 unspecified atom stereocenters. The van der Waals surface area contributed by atoms with E-state index < -0.39 is 23.0 Å². The average Bonchev–Trinajstić information content (AvgIpc) is 2.70. The Bertz CT molecular complexity index is 607. The lowest BCUT2D eigenvalue weighted by atomic mass is 10.1. The molecule has 0 bridgehead atoms. The zero-order valence-corrected chi connectivity index (χ0v) is 11.6. The topological polar surface area (TPSA) is 78.0 Å². The van der Waals surface area contributed by atoms with Crippen molar-refractivity contribution in [1.29, 1.82) is 0 Å². The van der Waals surface area contributed by atoms with Crippen molar-refractivity contribution in [3.63, 3.8) is 0 Å². The predicted molar refractivity (Wildman–Crippen MR) is 71.7 cm³/mol. The summed E-state index contributed by atoms with van der Waals surface area (Å²) >= 11 is 3.28. The highest BCUT2D eigenvalue weighted by Crippen LogP contribution is 2.26. The summed E-state index contributed by atoms with van der Waals surface area (Å²) in [6.45, 7) is 1.92. The summed E-state index contributed by atoms with van der Waals surface area (Å²) in [6.07, 6.45) is 0.703. The molecule has 0 aliphatic heterocycles. The Morgan fingerprint density at radius 3 is 2.89 bits per heavy atom. The normalized spacial score (nSPS) is 10.5. The van der Waals surface area contributed by atoms with Gasteiger partial charge in [0.2, 0.25) is 0 Å². The Morgan fingerprint density at radius 1 is 1.58 bits per heavy atom. The number of hydrogen-bond acceptors (Lipinski definition) is 3. The third-order valence-corrected chi connectivity index (χ3v) is 3.43. The van der Waals surface area contributed by atoms with Crippen molar-refractivity contribution in [2.45, 2.75) is 13.3 Å². The molecule has 1 aromatic carbocycles. The van der Waals surface area contributed by atoms with Crippen LogP contribution in [-0.2, 0) is 6.42 Å². The van der Waals surface area contributed by atoms with Crippen LogP contribution in [0.15, 0.2) is 22.7 Å². The van der Waals surface area contributed by atoms with E-state index in [0.717, 1.165) is 11.8 Å². The van der Waals surface area contributed by atoms with Crippen LogP contribution in [-0.4, -0.2) is 21.2 Å². The van der Waals surface area contributed by atoms with Crippen molar-refractivity contribution >= 4 is 27.7 Å². The zero-order valence-electron chi connectivity index (χ0n) is 10.00. The van der Waals surface area contributed by atoms with Crippen molar-refractivity contribution in [2.75, 3.05) is 5.32 Å². The summed E-state index contributed by atoms with van der Waals surface area (Å²) in [5.74, 6) is -1.71. The Kier molecular flexibility index (Phi) is 3.84. The largest absolute Gasteiger partial charge is 0.507 e. The second kappa shape index (κ2) is 5.40. The highest BCUT2D eigenvalue weighted by Gasteiger charge is 2.19. The first-order valence-electron chi connectivity index (χ1n) is 5.56. The van der Waals surface area contributed by atoms with Gasteiger partial charge in [0.15, 0.2) is 5.82 Å². The highest BCUT2D eigenvalue weighted by atomic mass is 79.9. The molecule has 7 heteroatoms. The van der Waals surface area contributed by atoms with Crippen molar-refractivity contribution in [3.8, 4) is 5.75 Å². The maximum Gasteiger partial charge on any atom is 0.263 e. The SMILES string of the molecule is CCc1[nH]nc(NC(=O)c2c(O)cccc2F)c1Br. The maximum absolute atomic E-state index is 13.5. The lowest BCUT2D eigenvalue weighted by Crippen LogP contribution is -2.14. The summed E-state index contributed by atoms with van der Waals surface area (Å²) in [5.41, 5.74) is 0.406. The number of carbonyl (C=O) groups excluding carboxylic acids is 1. The second-order valence-corrected chi connectivity index (χ2v) is 4.60. The fourth-order valence-corrected chi connectivity index (χ4v) is 2.15. The van der Waals surface area contributed by atoms with Crippen LogP contribution in [0.25, 0.3) is 0 Å². The number of phenols is 1. The molecule has 5 nitrogen and oxygen atoms in total. The smallest absolute Gasteiger partial charge is 0.263 e. The average molecular weight is 328 g/mol. The van der Waals surface area contributed by atoms with E-state index in [0.29, 0.717) is 10.9 Å². The first kappa shape index (κ1) is 13.5. The van der Waals surface area contributed by atoms with Crippen LogP contribution < -0.4 is 5.32 Å². The van der Waals surface area contributed by atoms with Gasteiger partial charge in [0.1, 0.15) is 17.1 Å². The van der Waals surface area contributed by atoms with E-state index in [2.05, 4.69) is 31.4 Å². The van der Waals surface area contributed by atoms with E-state index in [1.807, 2.05) is 6.92 Å². The minimum Gasteiger partial charge on any atom is -0.507 e. The van der Waals surface area contributed by atoms with Gasteiger partial charge in [-0.2, -0.15) is 5.10 Å². The zero-order chi connectivity index (χ0) is 14.0. The number of nitrogens with one attached hydrogen (secondary N) is 2. The predicted octanol–water partition coefficient (Wildman–Crippen LogP) is 2.83. The number of aromatic hydroxyl groups is 1. The molecule has 1 aromatic heterocycles. The second-order valence-electron chi connectivity index (χ2n) is 3.81. The van der Waals surface area contributed by atoms with Gasteiger partial charge >= 0.3 is 0 Å². The van der Waals surface area contributed by atoms with Gasteiger partial charge in [0.05, 0.1) is 10.2 Å². The number of anilines is 1. The molecule has 3 N–H and O–H groups in total. The molecule has 1 amide bonds. The maximum atomic E-state index is 13.5. The summed E-state index contributed by atoms with van der Waals surface area (Å²) < 4.78 is 14.1. The monoisotopic (exact) mass is 327 g/mol. The molecule has 0 aliphatic rings. The fraction of sp³-hybridized carbons (Fsp3) is 0.167. The molecule has 1 heterocycles. The lowest BCUT2D eigenvalue weighted by molar-refractivity contribution is 0.102. The quantitative estimate of drug-likeness (QED) is 0.811. The molecule has 0 saturated carbocycles. The number of aromatic nitrogens is 2. The Labute approximate surface area is 117 Å². The number of amides is 1. The molecule has 100 valence electrons. The van der Waals surface area contributed by atoms with E-state index in [4.69, 9.17) is 0 Å². The lowest BCUT2D eigenvalue weighted by Gasteiger charge is -2.06. The molecule has 2 aromatic rings. The van der Waals surface area contributed by atoms with Crippen molar-refractivity contribution in [2.24, 2.45) is 0 Å². The molecule has 19 heavy (non-hydrogen) atoms. The molecule has 0 radical (unpaired) electrons. The minimum absolute atomic E-state index is 0.254. The van der Waals surface area contributed by atoms with Crippen LogP contribution in [0.3, 0.4) is 0 Å². The van der Waals surface area contributed by atoms with Gasteiger partial charge in [-0.15, -0.1) is 0 Å². The van der Waals surface area contributed by atoms with Crippen LogP contribution in [0.4, 0.5) is 10.2 Å². The van der Waals surface area contributed by atoms with Gasteiger partial charge in [-0.05, 0) is 34.5 Å². The van der Waals surface area contributed by atoms with Crippen molar-refractivity contribution < 1.29 is 14.3 Å². The number of benzene rings is 1. The molecule has 0 fully saturated rings. The Balaban J connectivity index is 2.28. The first-order chi connectivity index (χ1) is 9.04. The standard InChI is InChI=1S/C12H11BrFN3O2/c1-2-7-10(13)11(17-16-7)15-12(19)9-6(14)4-3-5-8(9)18/h3-5,18H,2H2,1H3,(H2,15,16,17,19). The molecular weight excluding hydrogens is 317 g/mol. The van der Waals surface area contributed by atoms with Gasteiger partial charge in [0, 0.05) is 0 Å². The van der Waals surface area contributed by atoms with Gasteiger partial charge in [-0.1, -0.05) is 13.0 Å². The number of aryl methyl sites for hydroxylation is 1. The number of halogens is 2. The van der Waals surface area contributed by atoms with Crippen LogP contribution in [0, 0.1) is 5.82 Å². The number of aromatic amines is 1. The van der Waals surface area contributed by atoms with E-state index in [-0.39, 0.29) is 5.82 Å². The van der Waals surface area contributed by atoms with Gasteiger partial charge in [-0.25, -0.2) is 4.39 Å². The first-order valence-corrected chi connectivity index (χ1v) is 6.35. The Morgan fingerprint density at radius 2 is 2.32 bits per heavy atom. The van der Waals surface area contributed by atoms with Gasteiger partial charge < -0.3 is 10.4 Å². The minimum atomic E-state index is -0.792.